The maximum absolute atomic E-state index is 11.9. The summed E-state index contributed by atoms with van der Waals surface area (Å²) in [4.78, 5) is 25.7. The summed E-state index contributed by atoms with van der Waals surface area (Å²) in [5.74, 6) is 0.965. The molecule has 0 radical (unpaired) electrons. The third-order valence-electron chi connectivity index (χ3n) is 4.74. The molecule has 1 aliphatic rings. The summed E-state index contributed by atoms with van der Waals surface area (Å²) in [6.07, 6.45) is 3.28. The Bertz CT molecular complexity index is 780. The maximum Gasteiger partial charge on any atom is 0.327 e. The van der Waals surface area contributed by atoms with Crippen molar-refractivity contribution in [1.82, 2.24) is 9.78 Å². The molecule has 0 N–H and O–H groups in total. The van der Waals surface area contributed by atoms with E-state index in [1.807, 2.05) is 6.07 Å². The van der Waals surface area contributed by atoms with Gasteiger partial charge in [-0.1, -0.05) is 30.3 Å². The van der Waals surface area contributed by atoms with Gasteiger partial charge in [-0.2, -0.15) is 5.10 Å². The van der Waals surface area contributed by atoms with E-state index < -0.39 is 5.97 Å². The highest BCUT2D eigenvalue weighted by Crippen LogP contribution is 2.24. The van der Waals surface area contributed by atoms with Crippen LogP contribution in [-0.4, -0.2) is 35.4 Å². The number of anilines is 1. The fraction of sp³-hybridized carbons (Fsp3) is 0.450. The Hall–Kier alpha value is -2.63. The first-order valence-corrected chi connectivity index (χ1v) is 9.18. The first-order chi connectivity index (χ1) is 12.7. The van der Waals surface area contributed by atoms with Gasteiger partial charge in [0, 0.05) is 19.2 Å². The monoisotopic (exact) mass is 355 g/mol. The molecule has 1 fully saturated rings. The molecule has 0 bridgehead atoms. The number of ether oxygens (including phenoxy) is 1. The van der Waals surface area contributed by atoms with E-state index in [9.17, 15) is 9.59 Å². The van der Waals surface area contributed by atoms with Crippen molar-refractivity contribution in [2.24, 2.45) is 5.92 Å². The largest absolute Gasteiger partial charge is 0.465 e. The molecule has 138 valence electrons. The molecule has 6 heteroatoms. The lowest BCUT2D eigenvalue weighted by Crippen LogP contribution is -2.37. The molecule has 3 rings (SSSR count). The van der Waals surface area contributed by atoms with Crippen molar-refractivity contribution in [3.63, 3.8) is 0 Å². The van der Waals surface area contributed by atoms with Gasteiger partial charge in [0.2, 0.25) is 0 Å². The Labute approximate surface area is 153 Å². The number of aromatic nitrogens is 2. The lowest BCUT2D eigenvalue weighted by atomic mass is 9.90. The van der Waals surface area contributed by atoms with Crippen LogP contribution in [0.5, 0.6) is 0 Å². The number of carbonyl (C=O) groups excluding carboxylic acids is 1. The first kappa shape index (κ1) is 18.2. The van der Waals surface area contributed by atoms with Crippen LogP contribution in [0.3, 0.4) is 0 Å². The van der Waals surface area contributed by atoms with Crippen LogP contribution in [0.15, 0.2) is 47.3 Å². The smallest absolute Gasteiger partial charge is 0.327 e. The van der Waals surface area contributed by atoms with Gasteiger partial charge in [-0.15, -0.1) is 0 Å². The van der Waals surface area contributed by atoms with Crippen LogP contribution in [0, 0.1) is 5.92 Å². The second-order valence-electron chi connectivity index (χ2n) is 6.61. The summed E-state index contributed by atoms with van der Waals surface area (Å²) in [5, 5.41) is 4.36. The Morgan fingerprint density at radius 1 is 1.15 bits per heavy atom. The van der Waals surface area contributed by atoms with Crippen molar-refractivity contribution in [3.05, 3.63) is 58.4 Å². The van der Waals surface area contributed by atoms with Crippen LogP contribution in [0.1, 0.15) is 25.3 Å². The zero-order valence-electron chi connectivity index (χ0n) is 15.1. The summed E-state index contributed by atoms with van der Waals surface area (Å²) in [6, 6.07) is 13.8. The number of hydrogen-bond donors (Lipinski definition) is 0. The van der Waals surface area contributed by atoms with E-state index in [1.54, 1.807) is 13.0 Å². The van der Waals surface area contributed by atoms with Crippen LogP contribution in [0.2, 0.25) is 0 Å². The molecule has 2 aromatic rings. The average Bonchev–Trinajstić information content (AvgIpc) is 2.65. The minimum absolute atomic E-state index is 0.148. The second kappa shape index (κ2) is 8.65. The molecule has 2 heterocycles. The van der Waals surface area contributed by atoms with E-state index in [0.717, 1.165) is 38.2 Å². The van der Waals surface area contributed by atoms with Crippen LogP contribution in [-0.2, 0) is 22.5 Å². The zero-order chi connectivity index (χ0) is 18.4. The molecule has 26 heavy (non-hydrogen) atoms. The van der Waals surface area contributed by atoms with Gasteiger partial charge in [0.25, 0.3) is 5.56 Å². The third-order valence-corrected chi connectivity index (χ3v) is 4.74. The molecule has 0 aliphatic carbocycles. The van der Waals surface area contributed by atoms with Crippen LogP contribution in [0.25, 0.3) is 0 Å². The summed E-state index contributed by atoms with van der Waals surface area (Å²) >= 11 is 0. The molecule has 1 aliphatic heterocycles. The number of nitrogens with zero attached hydrogens (tertiary/aromatic N) is 3. The van der Waals surface area contributed by atoms with E-state index in [2.05, 4.69) is 34.3 Å². The highest BCUT2D eigenvalue weighted by Gasteiger charge is 2.21. The van der Waals surface area contributed by atoms with E-state index in [4.69, 9.17) is 4.74 Å². The number of benzene rings is 1. The predicted octanol–water partition coefficient (Wildman–Crippen LogP) is 2.27. The minimum atomic E-state index is -0.444. The molecule has 6 nitrogen and oxygen atoms in total. The van der Waals surface area contributed by atoms with Gasteiger partial charge in [-0.3, -0.25) is 9.59 Å². The van der Waals surface area contributed by atoms with Gasteiger partial charge < -0.3 is 9.64 Å². The van der Waals surface area contributed by atoms with E-state index in [-0.39, 0.29) is 12.1 Å². The fourth-order valence-corrected chi connectivity index (χ4v) is 3.36. The highest BCUT2D eigenvalue weighted by atomic mass is 16.5. The molecule has 1 saturated heterocycles. The highest BCUT2D eigenvalue weighted by molar-refractivity contribution is 5.69. The van der Waals surface area contributed by atoms with Gasteiger partial charge >= 0.3 is 5.97 Å². The Morgan fingerprint density at radius 3 is 2.58 bits per heavy atom. The molecule has 0 atom stereocenters. The molecule has 1 aromatic carbocycles. The topological polar surface area (TPSA) is 64.4 Å². The van der Waals surface area contributed by atoms with Gasteiger partial charge in [-0.05, 0) is 43.7 Å². The Kier molecular flexibility index (Phi) is 6.04. The summed E-state index contributed by atoms with van der Waals surface area (Å²) in [7, 11) is 0. The number of esters is 1. The summed E-state index contributed by atoms with van der Waals surface area (Å²) < 4.78 is 6.09. The first-order valence-electron chi connectivity index (χ1n) is 9.18. The lowest BCUT2D eigenvalue weighted by molar-refractivity contribution is -0.144. The van der Waals surface area contributed by atoms with E-state index in [1.165, 1.54) is 16.3 Å². The van der Waals surface area contributed by atoms with Gasteiger partial charge in [-0.25, -0.2) is 4.68 Å². The van der Waals surface area contributed by atoms with Crippen molar-refractivity contribution < 1.29 is 9.53 Å². The summed E-state index contributed by atoms with van der Waals surface area (Å²) in [5.41, 5.74) is 1.09. The predicted molar refractivity (Wildman–Crippen MR) is 100 cm³/mol. The number of piperidine rings is 1. The van der Waals surface area contributed by atoms with Crippen molar-refractivity contribution in [2.75, 3.05) is 24.6 Å². The summed E-state index contributed by atoms with van der Waals surface area (Å²) in [6.45, 7) is 3.70. The third kappa shape index (κ3) is 4.71. The SMILES string of the molecule is CCOC(=O)Cn1nc(N2CCC(Cc3ccccc3)CC2)ccc1=O. The van der Waals surface area contributed by atoms with Gasteiger partial charge in [0.1, 0.15) is 12.4 Å². The molecule has 0 unspecified atom stereocenters. The van der Waals surface area contributed by atoms with Gasteiger partial charge in [0.15, 0.2) is 0 Å². The van der Waals surface area contributed by atoms with E-state index >= 15 is 0 Å². The molecule has 0 amide bonds. The van der Waals surface area contributed by atoms with Crippen molar-refractivity contribution in [2.45, 2.75) is 32.7 Å². The molecule has 1 aromatic heterocycles. The number of hydrogen-bond acceptors (Lipinski definition) is 5. The Morgan fingerprint density at radius 2 is 1.88 bits per heavy atom. The van der Waals surface area contributed by atoms with Crippen molar-refractivity contribution >= 4 is 11.8 Å². The molecule has 0 saturated carbocycles. The van der Waals surface area contributed by atoms with Gasteiger partial charge in [0.05, 0.1) is 6.61 Å². The van der Waals surface area contributed by atoms with E-state index in [0.29, 0.717) is 12.5 Å². The average molecular weight is 355 g/mol. The van der Waals surface area contributed by atoms with Crippen molar-refractivity contribution in [1.29, 1.82) is 0 Å². The lowest BCUT2D eigenvalue weighted by Gasteiger charge is -2.32. The quantitative estimate of drug-likeness (QED) is 0.744. The minimum Gasteiger partial charge on any atom is -0.465 e. The molecular weight excluding hydrogens is 330 g/mol. The normalized spacial score (nSPS) is 15.0. The standard InChI is InChI=1S/C20H25N3O3/c1-2-26-20(25)15-23-19(24)9-8-18(21-23)22-12-10-17(11-13-22)14-16-6-4-3-5-7-16/h3-9,17H,2,10-15H2,1H3. The maximum atomic E-state index is 11.9. The fourth-order valence-electron chi connectivity index (χ4n) is 3.36. The number of rotatable bonds is 6. The van der Waals surface area contributed by atoms with Crippen LogP contribution >= 0.6 is 0 Å². The zero-order valence-corrected chi connectivity index (χ0v) is 15.1. The molecule has 0 spiro atoms. The van der Waals surface area contributed by atoms with Crippen LogP contribution < -0.4 is 10.5 Å². The number of carbonyl (C=O) groups is 1. The Balaban J connectivity index is 1.60. The molecular formula is C20H25N3O3. The van der Waals surface area contributed by atoms with Crippen molar-refractivity contribution in [3.8, 4) is 0 Å². The van der Waals surface area contributed by atoms with Crippen LogP contribution in [0.4, 0.5) is 5.82 Å². The second-order valence-corrected chi connectivity index (χ2v) is 6.61.